The third-order valence-corrected chi connectivity index (χ3v) is 7.95. The highest BCUT2D eigenvalue weighted by molar-refractivity contribution is 5.39. The Balaban J connectivity index is 1.43. The second kappa shape index (κ2) is 10.3. The van der Waals surface area contributed by atoms with Crippen LogP contribution in [0.25, 0.3) is 0 Å². The number of rotatable bonds is 7. The minimum atomic E-state index is -0.321. The molecule has 2 aromatic rings. The van der Waals surface area contributed by atoms with Gasteiger partial charge in [-0.3, -0.25) is 0 Å². The van der Waals surface area contributed by atoms with E-state index in [4.69, 9.17) is 0 Å². The summed E-state index contributed by atoms with van der Waals surface area (Å²) in [4.78, 5) is 0. The van der Waals surface area contributed by atoms with Gasteiger partial charge in [0.2, 0.25) is 0 Å². The second-order valence-electron chi connectivity index (χ2n) is 10.0. The summed E-state index contributed by atoms with van der Waals surface area (Å²) in [6.07, 6.45) is 13.3. The van der Waals surface area contributed by atoms with Gasteiger partial charge in [0.25, 0.3) is 0 Å². The molecule has 2 aromatic carbocycles. The molecule has 2 aliphatic rings. The molecule has 0 radical (unpaired) electrons. The van der Waals surface area contributed by atoms with Crippen LogP contribution in [0.2, 0.25) is 0 Å². The first-order valence-electron chi connectivity index (χ1n) is 12.7. The predicted molar refractivity (Wildman–Crippen MR) is 126 cm³/mol. The van der Waals surface area contributed by atoms with Crippen molar-refractivity contribution in [2.24, 2.45) is 5.92 Å². The minimum absolute atomic E-state index is 0.0525. The van der Waals surface area contributed by atoms with E-state index in [2.05, 4.69) is 32.0 Å². The lowest BCUT2D eigenvalue weighted by Crippen LogP contribution is -2.17. The van der Waals surface area contributed by atoms with E-state index < -0.39 is 0 Å². The number of benzene rings is 2. The van der Waals surface area contributed by atoms with Crippen molar-refractivity contribution in [2.45, 2.75) is 103 Å². The molecule has 1 fully saturated rings. The van der Waals surface area contributed by atoms with Gasteiger partial charge in [0.15, 0.2) is 0 Å². The van der Waals surface area contributed by atoms with Crippen molar-refractivity contribution in [1.29, 1.82) is 0 Å². The molecule has 0 aromatic heterocycles. The Morgan fingerprint density at radius 2 is 1.55 bits per heavy atom. The lowest BCUT2D eigenvalue weighted by molar-refractivity contribution is 0.302. The number of unbranched alkanes of at least 4 members (excludes halogenated alkanes) is 2. The van der Waals surface area contributed by atoms with E-state index in [-0.39, 0.29) is 17.6 Å². The fourth-order valence-electron chi connectivity index (χ4n) is 5.97. The molecule has 0 bridgehead atoms. The van der Waals surface area contributed by atoms with Gasteiger partial charge in [-0.05, 0) is 104 Å². The zero-order valence-corrected chi connectivity index (χ0v) is 19.4. The van der Waals surface area contributed by atoms with E-state index in [1.54, 1.807) is 12.1 Å². The third kappa shape index (κ3) is 5.21. The lowest BCUT2D eigenvalue weighted by Gasteiger charge is -2.30. The van der Waals surface area contributed by atoms with E-state index in [1.165, 1.54) is 55.2 Å². The molecule has 0 spiro atoms. The zero-order valence-electron chi connectivity index (χ0n) is 19.4. The Morgan fingerprint density at radius 1 is 0.806 bits per heavy atom. The maximum Gasteiger partial charge on any atom is 0.129 e. The molecular formula is C29H38F2. The van der Waals surface area contributed by atoms with Crippen molar-refractivity contribution in [3.8, 4) is 0 Å². The van der Waals surface area contributed by atoms with Gasteiger partial charge in [-0.25, -0.2) is 8.78 Å². The molecule has 4 rings (SSSR count). The highest BCUT2D eigenvalue weighted by atomic mass is 19.1. The van der Waals surface area contributed by atoms with E-state index in [9.17, 15) is 0 Å². The van der Waals surface area contributed by atoms with E-state index in [1.807, 2.05) is 0 Å². The van der Waals surface area contributed by atoms with Gasteiger partial charge in [0, 0.05) is 5.56 Å². The molecule has 0 aliphatic heterocycles. The van der Waals surface area contributed by atoms with E-state index in [0.717, 1.165) is 50.0 Å². The summed E-state index contributed by atoms with van der Waals surface area (Å²) in [6.45, 7) is 4.41. The number of fused-ring (bicyclic) bond motifs is 1. The molecule has 2 aliphatic carbocycles. The van der Waals surface area contributed by atoms with Crippen LogP contribution in [-0.4, -0.2) is 0 Å². The van der Waals surface area contributed by atoms with Crippen LogP contribution in [0, 0.1) is 17.6 Å². The molecule has 2 heteroatoms. The van der Waals surface area contributed by atoms with Gasteiger partial charge in [-0.1, -0.05) is 57.7 Å². The number of halogens is 2. The first kappa shape index (κ1) is 22.5. The Bertz CT molecular complexity index is 853. The number of hydrogen-bond donors (Lipinski definition) is 0. The average molecular weight is 425 g/mol. The average Bonchev–Trinajstić information content (AvgIpc) is 2.79. The highest BCUT2D eigenvalue weighted by Gasteiger charge is 2.28. The molecule has 0 N–H and O–H groups in total. The fraction of sp³-hybridized carbons (Fsp3) is 0.586. The molecule has 31 heavy (non-hydrogen) atoms. The van der Waals surface area contributed by atoms with Gasteiger partial charge in [0.05, 0.1) is 0 Å². The smallest absolute Gasteiger partial charge is 0.129 e. The monoisotopic (exact) mass is 424 g/mol. The van der Waals surface area contributed by atoms with Crippen LogP contribution in [-0.2, 0) is 19.3 Å². The van der Waals surface area contributed by atoms with E-state index in [0.29, 0.717) is 11.5 Å². The van der Waals surface area contributed by atoms with Crippen LogP contribution in [0.1, 0.15) is 111 Å². The highest BCUT2D eigenvalue weighted by Crippen LogP contribution is 2.41. The van der Waals surface area contributed by atoms with Crippen LogP contribution in [0.3, 0.4) is 0 Å². The summed E-state index contributed by atoms with van der Waals surface area (Å²) in [7, 11) is 0. The minimum Gasteiger partial charge on any atom is -0.207 e. The van der Waals surface area contributed by atoms with Gasteiger partial charge in [0.1, 0.15) is 11.6 Å². The van der Waals surface area contributed by atoms with Crippen LogP contribution in [0.5, 0.6) is 0 Å². The standard InChI is InChI=1S/C29H38F2/c1-3-5-6-7-21-9-11-22(12-10-21)26-18-27(30)29(28(31)19-26)25-15-14-23-16-20(4-2)8-13-24(23)17-25/h8,13,16,18-19,21-22,25H,3-7,9-12,14-15,17H2,1-2H3. The fourth-order valence-corrected chi connectivity index (χ4v) is 5.97. The Kier molecular flexibility index (Phi) is 7.46. The van der Waals surface area contributed by atoms with Crippen LogP contribution in [0.4, 0.5) is 8.78 Å². The first-order chi connectivity index (χ1) is 15.1. The summed E-state index contributed by atoms with van der Waals surface area (Å²) in [5, 5.41) is 0. The summed E-state index contributed by atoms with van der Waals surface area (Å²) >= 11 is 0. The van der Waals surface area contributed by atoms with Gasteiger partial charge < -0.3 is 0 Å². The largest absolute Gasteiger partial charge is 0.207 e. The SMILES string of the molecule is CCCCCC1CCC(c2cc(F)c(C3CCc4cc(CC)ccc4C3)c(F)c2)CC1. The normalized spacial score (nSPS) is 23.5. The maximum atomic E-state index is 15.2. The van der Waals surface area contributed by atoms with Crippen molar-refractivity contribution in [2.75, 3.05) is 0 Å². The molecule has 0 saturated heterocycles. The zero-order chi connectivity index (χ0) is 21.8. The number of hydrogen-bond acceptors (Lipinski definition) is 0. The molecule has 0 nitrogen and oxygen atoms in total. The Labute approximate surface area is 187 Å². The van der Waals surface area contributed by atoms with Gasteiger partial charge in [-0.15, -0.1) is 0 Å². The Hall–Kier alpha value is -1.70. The van der Waals surface area contributed by atoms with Crippen molar-refractivity contribution in [3.63, 3.8) is 0 Å². The predicted octanol–water partition coefficient (Wildman–Crippen LogP) is 8.65. The third-order valence-electron chi connectivity index (χ3n) is 7.95. The summed E-state index contributed by atoms with van der Waals surface area (Å²) in [5.41, 5.74) is 5.18. The first-order valence-corrected chi connectivity index (χ1v) is 12.7. The quantitative estimate of drug-likeness (QED) is 0.390. The molecule has 1 saturated carbocycles. The van der Waals surface area contributed by atoms with Gasteiger partial charge >= 0.3 is 0 Å². The van der Waals surface area contributed by atoms with Crippen LogP contribution < -0.4 is 0 Å². The molecule has 1 unspecified atom stereocenters. The molecule has 0 heterocycles. The molecule has 168 valence electrons. The second-order valence-corrected chi connectivity index (χ2v) is 10.0. The summed E-state index contributed by atoms with van der Waals surface area (Å²) in [6, 6.07) is 9.94. The van der Waals surface area contributed by atoms with Gasteiger partial charge in [-0.2, -0.15) is 0 Å². The molecule has 0 amide bonds. The van der Waals surface area contributed by atoms with Crippen molar-refractivity contribution < 1.29 is 8.78 Å². The summed E-state index contributed by atoms with van der Waals surface area (Å²) in [5.74, 6) is 0.438. The van der Waals surface area contributed by atoms with Crippen molar-refractivity contribution >= 4 is 0 Å². The molecule has 1 atom stereocenters. The number of aryl methyl sites for hydroxylation is 2. The van der Waals surface area contributed by atoms with Crippen LogP contribution in [0.15, 0.2) is 30.3 Å². The van der Waals surface area contributed by atoms with E-state index >= 15 is 8.78 Å². The van der Waals surface area contributed by atoms with Crippen LogP contribution >= 0.6 is 0 Å². The topological polar surface area (TPSA) is 0 Å². The molecular weight excluding hydrogens is 386 g/mol. The van der Waals surface area contributed by atoms with Crippen molar-refractivity contribution in [3.05, 3.63) is 69.8 Å². The summed E-state index contributed by atoms with van der Waals surface area (Å²) < 4.78 is 30.4. The Morgan fingerprint density at radius 3 is 2.23 bits per heavy atom. The lowest BCUT2D eigenvalue weighted by atomic mass is 9.75. The van der Waals surface area contributed by atoms with Crippen molar-refractivity contribution in [1.82, 2.24) is 0 Å². The maximum absolute atomic E-state index is 15.2.